The van der Waals surface area contributed by atoms with Gasteiger partial charge in [-0.1, -0.05) is 12.1 Å². The minimum Gasteiger partial charge on any atom is -0.493 e. The van der Waals surface area contributed by atoms with E-state index in [-0.39, 0.29) is 18.3 Å². The Balaban J connectivity index is 1.37. The highest BCUT2D eigenvalue weighted by molar-refractivity contribution is 6.02. The maximum Gasteiger partial charge on any atom is 0.291 e. The molecule has 1 amide bonds. The first-order valence-corrected chi connectivity index (χ1v) is 8.97. The maximum atomic E-state index is 12.4. The molecule has 0 aliphatic heterocycles. The highest BCUT2D eigenvalue weighted by atomic mass is 16.5. The van der Waals surface area contributed by atoms with E-state index in [1.165, 1.54) is 0 Å². The van der Waals surface area contributed by atoms with Gasteiger partial charge in [0.1, 0.15) is 12.4 Å². The number of nitrogens with one attached hydrogen (secondary N) is 1. The normalized spacial score (nSPS) is 10.5. The molecule has 4 aromatic rings. The first-order valence-electron chi connectivity index (χ1n) is 8.97. The summed E-state index contributed by atoms with van der Waals surface area (Å²) in [7, 11) is 1.58. The lowest BCUT2D eigenvalue weighted by Gasteiger charge is -2.08. The van der Waals surface area contributed by atoms with Gasteiger partial charge in [-0.05, 0) is 48.5 Å². The molecule has 146 valence electrons. The fourth-order valence-electron chi connectivity index (χ4n) is 2.79. The summed E-state index contributed by atoms with van der Waals surface area (Å²) in [6.45, 7) is 0.188. The number of ether oxygens (including phenoxy) is 2. The first kappa shape index (κ1) is 18.4. The van der Waals surface area contributed by atoms with Crippen LogP contribution in [0.2, 0.25) is 0 Å². The number of hydrogen-bond donors (Lipinski definition) is 1. The zero-order valence-electron chi connectivity index (χ0n) is 15.7. The number of para-hydroxylation sites is 2. The van der Waals surface area contributed by atoms with Crippen molar-refractivity contribution in [1.82, 2.24) is 9.55 Å². The van der Waals surface area contributed by atoms with Gasteiger partial charge in [0.05, 0.1) is 13.4 Å². The first-order chi connectivity index (χ1) is 14.2. The Hall–Kier alpha value is -4.00. The fourth-order valence-corrected chi connectivity index (χ4v) is 2.79. The summed E-state index contributed by atoms with van der Waals surface area (Å²) < 4.78 is 18.5. The van der Waals surface area contributed by atoms with E-state index in [9.17, 15) is 4.79 Å². The van der Waals surface area contributed by atoms with Crippen LogP contribution in [0.1, 0.15) is 16.3 Å². The van der Waals surface area contributed by atoms with Crippen LogP contribution >= 0.6 is 0 Å². The molecular weight excluding hydrogens is 370 g/mol. The molecule has 0 radical (unpaired) electrons. The molecule has 0 saturated carbocycles. The number of amides is 1. The quantitative estimate of drug-likeness (QED) is 0.510. The Morgan fingerprint density at radius 2 is 1.86 bits per heavy atom. The number of aromatic nitrogens is 2. The van der Waals surface area contributed by atoms with Gasteiger partial charge in [-0.3, -0.25) is 4.79 Å². The zero-order chi connectivity index (χ0) is 20.1. The second kappa shape index (κ2) is 8.35. The molecule has 7 heteroatoms. The molecule has 0 saturated heterocycles. The van der Waals surface area contributed by atoms with Crippen LogP contribution in [-0.4, -0.2) is 22.6 Å². The smallest absolute Gasteiger partial charge is 0.291 e. The van der Waals surface area contributed by atoms with Crippen molar-refractivity contribution >= 4 is 11.6 Å². The van der Waals surface area contributed by atoms with Crippen molar-refractivity contribution in [3.8, 4) is 17.2 Å². The number of nitrogens with zero attached hydrogens (tertiary/aromatic N) is 2. The van der Waals surface area contributed by atoms with Gasteiger partial charge in [0.2, 0.25) is 0 Å². The van der Waals surface area contributed by atoms with E-state index in [4.69, 9.17) is 13.9 Å². The van der Waals surface area contributed by atoms with Crippen molar-refractivity contribution < 1.29 is 18.7 Å². The number of carbonyl (C=O) groups excluding carboxylic acids is 1. The second-order valence-electron chi connectivity index (χ2n) is 6.18. The number of imidazole rings is 1. The predicted molar refractivity (Wildman–Crippen MR) is 108 cm³/mol. The third-order valence-corrected chi connectivity index (χ3v) is 4.25. The Morgan fingerprint density at radius 3 is 2.59 bits per heavy atom. The largest absolute Gasteiger partial charge is 0.493 e. The SMILES string of the molecule is COc1ccccc1OCc1ccc(C(=O)Nc2ccc(-n3ccnc3)cc2)o1. The van der Waals surface area contributed by atoms with Gasteiger partial charge in [-0.2, -0.15) is 0 Å². The van der Waals surface area contributed by atoms with Crippen LogP contribution in [0.4, 0.5) is 5.69 Å². The van der Waals surface area contributed by atoms with E-state index < -0.39 is 0 Å². The van der Waals surface area contributed by atoms with Crippen molar-refractivity contribution in [2.75, 3.05) is 12.4 Å². The summed E-state index contributed by atoms with van der Waals surface area (Å²) in [5, 5.41) is 2.82. The van der Waals surface area contributed by atoms with E-state index in [0.717, 1.165) is 5.69 Å². The third-order valence-electron chi connectivity index (χ3n) is 4.25. The summed E-state index contributed by atoms with van der Waals surface area (Å²) in [4.78, 5) is 16.5. The van der Waals surface area contributed by atoms with Crippen LogP contribution in [0.25, 0.3) is 5.69 Å². The van der Waals surface area contributed by atoms with E-state index in [1.807, 2.05) is 59.3 Å². The van der Waals surface area contributed by atoms with Gasteiger partial charge in [-0.15, -0.1) is 0 Å². The molecule has 0 spiro atoms. The van der Waals surface area contributed by atoms with Crippen LogP contribution in [-0.2, 0) is 6.61 Å². The topological polar surface area (TPSA) is 78.5 Å². The van der Waals surface area contributed by atoms with E-state index >= 15 is 0 Å². The number of furan rings is 1. The van der Waals surface area contributed by atoms with Gasteiger partial charge in [0.15, 0.2) is 17.3 Å². The van der Waals surface area contributed by atoms with Crippen LogP contribution in [0.5, 0.6) is 11.5 Å². The predicted octanol–water partition coefficient (Wildman–Crippen LogP) is 4.31. The maximum absolute atomic E-state index is 12.4. The molecule has 4 rings (SSSR count). The number of carbonyl (C=O) groups is 1. The highest BCUT2D eigenvalue weighted by Gasteiger charge is 2.13. The van der Waals surface area contributed by atoms with E-state index in [0.29, 0.717) is 22.9 Å². The van der Waals surface area contributed by atoms with Crippen molar-refractivity contribution in [3.05, 3.63) is 90.9 Å². The highest BCUT2D eigenvalue weighted by Crippen LogP contribution is 2.27. The van der Waals surface area contributed by atoms with Crippen LogP contribution < -0.4 is 14.8 Å². The lowest BCUT2D eigenvalue weighted by molar-refractivity contribution is 0.0992. The van der Waals surface area contributed by atoms with Crippen molar-refractivity contribution in [3.63, 3.8) is 0 Å². The Kier molecular flexibility index (Phi) is 5.29. The van der Waals surface area contributed by atoms with Crippen LogP contribution in [0, 0.1) is 0 Å². The molecule has 0 bridgehead atoms. The van der Waals surface area contributed by atoms with Gasteiger partial charge >= 0.3 is 0 Å². The molecule has 2 aromatic heterocycles. The summed E-state index contributed by atoms with van der Waals surface area (Å²) >= 11 is 0. The van der Waals surface area contributed by atoms with Crippen molar-refractivity contribution in [2.24, 2.45) is 0 Å². The number of rotatable bonds is 7. The molecule has 0 aliphatic carbocycles. The molecule has 0 fully saturated rings. The fraction of sp³-hybridized carbons (Fsp3) is 0.0909. The minimum atomic E-state index is -0.330. The average molecular weight is 389 g/mol. The molecule has 0 unspecified atom stereocenters. The summed E-state index contributed by atoms with van der Waals surface area (Å²) in [5.41, 5.74) is 1.62. The van der Waals surface area contributed by atoms with E-state index in [2.05, 4.69) is 10.3 Å². The molecule has 0 aliphatic rings. The molecule has 1 N–H and O–H groups in total. The third kappa shape index (κ3) is 4.30. The lowest BCUT2D eigenvalue weighted by atomic mass is 10.2. The second-order valence-corrected chi connectivity index (χ2v) is 6.18. The monoisotopic (exact) mass is 389 g/mol. The van der Waals surface area contributed by atoms with Crippen molar-refractivity contribution in [1.29, 1.82) is 0 Å². The Bertz CT molecular complexity index is 1090. The standard InChI is InChI=1S/C22H19N3O4/c1-27-19-4-2-3-5-20(19)28-14-18-10-11-21(29-18)22(26)24-16-6-8-17(9-7-16)25-13-12-23-15-25/h2-13,15H,14H2,1H3,(H,24,26). The molecule has 2 aromatic carbocycles. The molecule has 7 nitrogen and oxygen atoms in total. The number of benzene rings is 2. The summed E-state index contributed by atoms with van der Waals surface area (Å²) in [6.07, 6.45) is 5.28. The van der Waals surface area contributed by atoms with Crippen LogP contribution in [0.15, 0.2) is 83.8 Å². The summed E-state index contributed by atoms with van der Waals surface area (Å²) in [5.74, 6) is 1.66. The molecule has 29 heavy (non-hydrogen) atoms. The van der Waals surface area contributed by atoms with Gasteiger partial charge in [0, 0.05) is 23.8 Å². The number of hydrogen-bond acceptors (Lipinski definition) is 5. The van der Waals surface area contributed by atoms with Crippen molar-refractivity contribution in [2.45, 2.75) is 6.61 Å². The zero-order valence-corrected chi connectivity index (χ0v) is 15.7. The summed E-state index contributed by atoms with van der Waals surface area (Å²) in [6, 6.07) is 18.1. The molecule has 2 heterocycles. The van der Waals surface area contributed by atoms with Gasteiger partial charge in [-0.25, -0.2) is 4.98 Å². The molecular formula is C22H19N3O4. The average Bonchev–Trinajstić information content (AvgIpc) is 3.45. The Morgan fingerprint density at radius 1 is 1.07 bits per heavy atom. The number of methoxy groups -OCH3 is 1. The van der Waals surface area contributed by atoms with Gasteiger partial charge in [0.25, 0.3) is 5.91 Å². The van der Waals surface area contributed by atoms with E-state index in [1.54, 1.807) is 31.8 Å². The number of anilines is 1. The molecule has 0 atom stereocenters. The lowest BCUT2D eigenvalue weighted by Crippen LogP contribution is -2.10. The Labute approximate surface area is 167 Å². The van der Waals surface area contributed by atoms with Gasteiger partial charge < -0.3 is 23.8 Å². The minimum absolute atomic E-state index is 0.188. The van der Waals surface area contributed by atoms with Crippen LogP contribution in [0.3, 0.4) is 0 Å².